The molecule has 0 saturated heterocycles. The number of nitrogens with zero attached hydrogens (tertiary/aromatic N) is 1. The second-order valence-electron chi connectivity index (χ2n) is 11.8. The summed E-state index contributed by atoms with van der Waals surface area (Å²) in [4.78, 5) is 3.77. The summed E-state index contributed by atoms with van der Waals surface area (Å²) in [6, 6.07) is 29.3. The maximum absolute atomic E-state index is 3.77. The van der Waals surface area contributed by atoms with Crippen molar-refractivity contribution in [2.75, 3.05) is 0 Å². The van der Waals surface area contributed by atoms with Gasteiger partial charge in [-0.2, -0.15) is 0 Å². The Morgan fingerprint density at radius 2 is 1.46 bits per heavy atom. The third-order valence-corrected chi connectivity index (χ3v) is 9.05. The van der Waals surface area contributed by atoms with Crippen molar-refractivity contribution in [3.05, 3.63) is 90.0 Å². The number of hydrogen-bond donors (Lipinski definition) is 1. The Labute approximate surface area is 206 Å². The summed E-state index contributed by atoms with van der Waals surface area (Å²) in [5.74, 6) is 0.648. The Morgan fingerprint density at radius 3 is 2.29 bits per heavy atom. The van der Waals surface area contributed by atoms with Gasteiger partial charge in [0.15, 0.2) is 0 Å². The molecule has 1 aliphatic carbocycles. The number of benzene rings is 4. The summed E-state index contributed by atoms with van der Waals surface area (Å²) in [5.41, 5.74) is 9.49. The summed E-state index contributed by atoms with van der Waals surface area (Å²) in [6.07, 6.45) is 1.20. The zero-order valence-corrected chi connectivity index (χ0v) is 21.2. The van der Waals surface area contributed by atoms with Gasteiger partial charge >= 0.3 is 0 Å². The van der Waals surface area contributed by atoms with Crippen LogP contribution >= 0.6 is 0 Å². The van der Waals surface area contributed by atoms with Gasteiger partial charge in [-0.05, 0) is 58.6 Å². The van der Waals surface area contributed by atoms with Crippen LogP contribution in [0.2, 0.25) is 0 Å². The fourth-order valence-corrected chi connectivity index (χ4v) is 6.83. The van der Waals surface area contributed by atoms with Crippen molar-refractivity contribution < 1.29 is 0 Å². The normalized spacial score (nSPS) is 19.1. The Kier molecular flexibility index (Phi) is 4.04. The van der Waals surface area contributed by atoms with E-state index in [9.17, 15) is 0 Å². The van der Waals surface area contributed by atoms with Crippen LogP contribution in [0.25, 0.3) is 49.3 Å². The Morgan fingerprint density at radius 1 is 0.743 bits per heavy atom. The monoisotopic (exact) mass is 456 g/mol. The quantitative estimate of drug-likeness (QED) is 0.255. The van der Waals surface area contributed by atoms with Crippen molar-refractivity contribution >= 4 is 43.6 Å². The molecule has 0 fully saturated rings. The Balaban J connectivity index is 1.62. The highest BCUT2D eigenvalue weighted by Crippen LogP contribution is 2.50. The number of hydrogen-bond acceptors (Lipinski definition) is 0. The number of aromatic amines is 1. The lowest BCUT2D eigenvalue weighted by atomic mass is 9.58. The molecule has 1 N–H and O–H groups in total. The van der Waals surface area contributed by atoms with Gasteiger partial charge < -0.3 is 9.55 Å². The van der Waals surface area contributed by atoms with Crippen molar-refractivity contribution in [1.82, 2.24) is 9.55 Å². The highest BCUT2D eigenvalue weighted by atomic mass is 15.0. The van der Waals surface area contributed by atoms with Crippen LogP contribution in [0.1, 0.15) is 52.2 Å². The van der Waals surface area contributed by atoms with Crippen LogP contribution in [0.3, 0.4) is 0 Å². The van der Waals surface area contributed by atoms with Gasteiger partial charge in [0.1, 0.15) is 0 Å². The molecule has 174 valence electrons. The molecule has 4 aromatic carbocycles. The maximum atomic E-state index is 3.77. The van der Waals surface area contributed by atoms with Crippen LogP contribution in [-0.2, 0) is 10.8 Å². The summed E-state index contributed by atoms with van der Waals surface area (Å²) in [7, 11) is 0. The third kappa shape index (κ3) is 2.71. The Bertz CT molecular complexity index is 1790. The van der Waals surface area contributed by atoms with Crippen molar-refractivity contribution in [2.24, 2.45) is 5.92 Å². The first-order chi connectivity index (χ1) is 16.8. The maximum Gasteiger partial charge on any atom is 0.0783 e. The Hall–Kier alpha value is -3.52. The fourth-order valence-electron chi connectivity index (χ4n) is 6.83. The smallest absolute Gasteiger partial charge is 0.0783 e. The second-order valence-corrected chi connectivity index (χ2v) is 11.8. The van der Waals surface area contributed by atoms with E-state index in [0.29, 0.717) is 5.92 Å². The molecule has 1 unspecified atom stereocenters. The van der Waals surface area contributed by atoms with E-state index in [-0.39, 0.29) is 10.8 Å². The summed E-state index contributed by atoms with van der Waals surface area (Å²) >= 11 is 0. The first-order valence-corrected chi connectivity index (χ1v) is 12.9. The molecule has 35 heavy (non-hydrogen) atoms. The van der Waals surface area contributed by atoms with Crippen molar-refractivity contribution in [3.63, 3.8) is 0 Å². The van der Waals surface area contributed by atoms with Crippen molar-refractivity contribution in [1.29, 1.82) is 0 Å². The number of para-hydroxylation sites is 2. The van der Waals surface area contributed by atoms with Crippen LogP contribution in [0, 0.1) is 5.92 Å². The van der Waals surface area contributed by atoms with Crippen LogP contribution in [-0.4, -0.2) is 9.55 Å². The van der Waals surface area contributed by atoms with Gasteiger partial charge in [-0.1, -0.05) is 89.2 Å². The summed E-state index contributed by atoms with van der Waals surface area (Å²) in [6.45, 7) is 12.1. The standard InChI is InChI=1S/C33H32N2/c1-20-19-32(2,3)27-18-21(14-17-26(27)33(20,4)5)35-29-13-9-7-11-23(29)25-16-15-24-22-10-6-8-12-28(22)34-30(24)31(25)35/h6-18,20,34H,19H2,1-5H3. The van der Waals surface area contributed by atoms with Gasteiger partial charge in [0.05, 0.1) is 16.6 Å². The van der Waals surface area contributed by atoms with Gasteiger partial charge in [0, 0.05) is 32.7 Å². The number of aromatic nitrogens is 2. The minimum absolute atomic E-state index is 0.148. The van der Waals surface area contributed by atoms with E-state index in [1.54, 1.807) is 0 Å². The minimum Gasteiger partial charge on any atom is -0.353 e. The SMILES string of the molecule is CC1CC(C)(C)c2cc(-n3c4ccccc4c4ccc5c6ccccc6[nH]c5c43)ccc2C1(C)C. The van der Waals surface area contributed by atoms with Gasteiger partial charge in [0.2, 0.25) is 0 Å². The number of rotatable bonds is 1. The molecule has 0 aliphatic heterocycles. The molecule has 1 aliphatic rings. The molecule has 1 atom stereocenters. The third-order valence-electron chi connectivity index (χ3n) is 9.05. The molecular formula is C33H32N2. The van der Waals surface area contributed by atoms with Gasteiger partial charge in [-0.15, -0.1) is 0 Å². The van der Waals surface area contributed by atoms with E-state index in [1.165, 1.54) is 66.8 Å². The van der Waals surface area contributed by atoms with E-state index in [0.717, 1.165) is 0 Å². The predicted octanol–water partition coefficient (Wildman–Crippen LogP) is 9.01. The van der Waals surface area contributed by atoms with E-state index >= 15 is 0 Å². The molecule has 2 heterocycles. The number of H-pyrrole nitrogens is 1. The lowest BCUT2D eigenvalue weighted by Gasteiger charge is -2.46. The van der Waals surface area contributed by atoms with Crippen molar-refractivity contribution in [2.45, 2.75) is 51.9 Å². The van der Waals surface area contributed by atoms with Gasteiger partial charge in [-0.25, -0.2) is 0 Å². The highest BCUT2D eigenvalue weighted by Gasteiger charge is 2.42. The molecule has 2 nitrogen and oxygen atoms in total. The first-order valence-electron chi connectivity index (χ1n) is 12.9. The van der Waals surface area contributed by atoms with Gasteiger partial charge in [0.25, 0.3) is 0 Å². The average Bonchev–Trinajstić information content (AvgIpc) is 3.38. The fraction of sp³-hybridized carbons (Fsp3) is 0.273. The lowest BCUT2D eigenvalue weighted by Crippen LogP contribution is -2.40. The topological polar surface area (TPSA) is 20.7 Å². The first kappa shape index (κ1) is 20.8. The van der Waals surface area contributed by atoms with Crippen LogP contribution < -0.4 is 0 Å². The lowest BCUT2D eigenvalue weighted by molar-refractivity contribution is 0.233. The van der Waals surface area contributed by atoms with Crippen LogP contribution in [0.4, 0.5) is 0 Å². The molecule has 0 radical (unpaired) electrons. The zero-order valence-electron chi connectivity index (χ0n) is 21.2. The summed E-state index contributed by atoms with van der Waals surface area (Å²) in [5, 5.41) is 5.16. The molecule has 7 rings (SSSR count). The zero-order chi connectivity index (χ0) is 24.1. The van der Waals surface area contributed by atoms with Crippen LogP contribution in [0.5, 0.6) is 0 Å². The molecule has 2 aromatic heterocycles. The molecule has 0 amide bonds. The molecular weight excluding hydrogens is 424 g/mol. The average molecular weight is 457 g/mol. The molecule has 2 heteroatoms. The molecule has 6 aromatic rings. The number of fused-ring (bicyclic) bond motifs is 8. The summed E-state index contributed by atoms with van der Waals surface area (Å²) < 4.78 is 2.49. The minimum atomic E-state index is 0.148. The molecule has 0 saturated carbocycles. The van der Waals surface area contributed by atoms with E-state index < -0.39 is 0 Å². The van der Waals surface area contributed by atoms with Crippen molar-refractivity contribution in [3.8, 4) is 5.69 Å². The van der Waals surface area contributed by atoms with E-state index in [4.69, 9.17) is 0 Å². The van der Waals surface area contributed by atoms with E-state index in [1.807, 2.05) is 0 Å². The second kappa shape index (κ2) is 6.79. The predicted molar refractivity (Wildman–Crippen MR) is 150 cm³/mol. The van der Waals surface area contributed by atoms with Gasteiger partial charge in [-0.3, -0.25) is 0 Å². The van der Waals surface area contributed by atoms with Crippen LogP contribution in [0.15, 0.2) is 78.9 Å². The largest absolute Gasteiger partial charge is 0.353 e. The highest BCUT2D eigenvalue weighted by molar-refractivity contribution is 6.22. The van der Waals surface area contributed by atoms with E-state index in [2.05, 4.69) is 123 Å². The molecule has 0 bridgehead atoms. The number of nitrogens with one attached hydrogen (secondary N) is 1. The molecule has 0 spiro atoms.